The summed E-state index contributed by atoms with van der Waals surface area (Å²) >= 11 is 2.08. The van der Waals surface area contributed by atoms with Gasteiger partial charge in [-0.1, -0.05) is 59.0 Å². The lowest BCUT2D eigenvalue weighted by atomic mass is 9.83. The van der Waals surface area contributed by atoms with Crippen molar-refractivity contribution in [3.8, 4) is 0 Å². The van der Waals surface area contributed by atoms with Gasteiger partial charge < -0.3 is 4.98 Å². The predicted molar refractivity (Wildman–Crippen MR) is 115 cm³/mol. The average molecular weight is 477 g/mol. The molecule has 1 N–H and O–H groups in total. The molecule has 3 heterocycles. The number of aromatic nitrogens is 1. The topological polar surface area (TPSA) is 70.2 Å². The van der Waals surface area contributed by atoms with Crippen LogP contribution in [0, 0.1) is 12.8 Å². The average Bonchev–Trinajstić information content (AvgIpc) is 3.23. The third-order valence-electron chi connectivity index (χ3n) is 5.69. The Bertz CT molecular complexity index is 1300. The van der Waals surface area contributed by atoms with E-state index < -0.39 is 40.6 Å². The number of fused-ring (bicyclic) bond motifs is 2. The number of halogens is 3. The number of hydrogen-bond donors (Lipinski definition) is 1. The highest BCUT2D eigenvalue weighted by atomic mass is 32.2. The van der Waals surface area contributed by atoms with Crippen molar-refractivity contribution in [3.63, 3.8) is 0 Å². The summed E-state index contributed by atoms with van der Waals surface area (Å²) in [6.07, 6.45) is -4.60. The summed E-state index contributed by atoms with van der Waals surface area (Å²) in [4.78, 5) is 42.8. The highest BCUT2D eigenvalue weighted by molar-refractivity contribution is 8.00. The lowest BCUT2D eigenvalue weighted by molar-refractivity contribution is -0.137. The summed E-state index contributed by atoms with van der Waals surface area (Å²) in [7, 11) is 0. The number of thiazole rings is 1. The van der Waals surface area contributed by atoms with Crippen LogP contribution in [0.4, 0.5) is 18.9 Å². The smallest absolute Gasteiger partial charge is 0.307 e. The maximum atomic E-state index is 13.5. The number of nitrogens with one attached hydrogen (secondary N) is 1. The zero-order valence-corrected chi connectivity index (χ0v) is 18.1. The molecule has 5 nitrogen and oxygen atoms in total. The number of H-pyrrole nitrogens is 1. The maximum absolute atomic E-state index is 13.5. The van der Waals surface area contributed by atoms with Crippen LogP contribution in [0.25, 0.3) is 0 Å². The minimum atomic E-state index is -4.60. The molecule has 0 aliphatic carbocycles. The first-order valence-electron chi connectivity index (χ1n) is 9.66. The van der Waals surface area contributed by atoms with Gasteiger partial charge in [0.1, 0.15) is 5.25 Å². The molecular weight excluding hydrogens is 461 g/mol. The molecular formula is C22H15F3N2O3S2. The van der Waals surface area contributed by atoms with Crippen LogP contribution in [0.15, 0.2) is 58.4 Å². The van der Waals surface area contributed by atoms with E-state index in [9.17, 15) is 27.6 Å². The highest BCUT2D eigenvalue weighted by Gasteiger charge is 2.56. The third-order valence-corrected chi connectivity index (χ3v) is 8.09. The minimum absolute atomic E-state index is 0.107. The number of aryl methyl sites for hydroxylation is 1. The first kappa shape index (κ1) is 21.0. The van der Waals surface area contributed by atoms with Gasteiger partial charge in [-0.15, -0.1) is 0 Å². The van der Waals surface area contributed by atoms with Gasteiger partial charge in [-0.25, -0.2) is 4.90 Å². The first-order chi connectivity index (χ1) is 15.1. The van der Waals surface area contributed by atoms with Crippen LogP contribution in [0.3, 0.4) is 0 Å². The van der Waals surface area contributed by atoms with Crippen molar-refractivity contribution in [1.29, 1.82) is 0 Å². The number of amides is 2. The van der Waals surface area contributed by atoms with E-state index in [4.69, 9.17) is 0 Å². The number of carbonyl (C=O) groups excluding carboxylic acids is 2. The lowest BCUT2D eigenvalue weighted by Crippen LogP contribution is -2.32. The molecule has 1 aromatic heterocycles. The van der Waals surface area contributed by atoms with Crippen LogP contribution in [0.2, 0.25) is 0 Å². The van der Waals surface area contributed by atoms with Gasteiger partial charge in [-0.05, 0) is 30.7 Å². The van der Waals surface area contributed by atoms with Crippen LogP contribution in [0.5, 0.6) is 0 Å². The zero-order valence-electron chi connectivity index (χ0n) is 16.5. The standard InChI is InChI=1S/C22H15F3N2O3S2/c1-10-5-7-11(8-6-10)14-15-17(31-18-16(14)32-21(30)26-18)20(29)27(19(15)28)13-4-2-3-12(9-13)22(23,24)25/h2-9,14-15,17H,1H3,(H,26,30). The number of hydrogen-bond acceptors (Lipinski definition) is 5. The van der Waals surface area contributed by atoms with E-state index in [2.05, 4.69) is 4.98 Å². The summed E-state index contributed by atoms with van der Waals surface area (Å²) in [6.45, 7) is 1.92. The van der Waals surface area contributed by atoms with Crippen LogP contribution in [-0.2, 0) is 15.8 Å². The fourth-order valence-corrected chi connectivity index (χ4v) is 6.74. The van der Waals surface area contributed by atoms with Gasteiger partial charge in [0.25, 0.3) is 0 Å². The summed E-state index contributed by atoms with van der Waals surface area (Å²) in [5, 5.41) is -0.319. The Kier molecular flexibility index (Phi) is 4.82. The van der Waals surface area contributed by atoms with Gasteiger partial charge in [-0.2, -0.15) is 13.2 Å². The second kappa shape index (κ2) is 7.35. The number of aromatic amines is 1. The van der Waals surface area contributed by atoms with E-state index in [-0.39, 0.29) is 10.6 Å². The molecule has 32 heavy (non-hydrogen) atoms. The van der Waals surface area contributed by atoms with E-state index >= 15 is 0 Å². The van der Waals surface area contributed by atoms with Crippen molar-refractivity contribution in [3.05, 3.63) is 79.8 Å². The summed E-state index contributed by atoms with van der Waals surface area (Å²) in [5.41, 5.74) is 0.743. The second-order valence-electron chi connectivity index (χ2n) is 7.72. The van der Waals surface area contributed by atoms with E-state index in [1.54, 1.807) is 0 Å². The molecule has 2 amide bonds. The van der Waals surface area contributed by atoms with Gasteiger partial charge in [-0.3, -0.25) is 14.4 Å². The highest BCUT2D eigenvalue weighted by Crippen LogP contribution is 2.53. The van der Waals surface area contributed by atoms with E-state index in [0.29, 0.717) is 9.90 Å². The molecule has 5 rings (SSSR count). The molecule has 2 aromatic carbocycles. The Balaban J connectivity index is 1.62. The number of rotatable bonds is 2. The van der Waals surface area contributed by atoms with Gasteiger partial charge in [0.2, 0.25) is 11.8 Å². The SMILES string of the molecule is Cc1ccc(C2c3sc(=O)[nH]c3SC3C(=O)N(c4cccc(C(F)(F)F)c4)C(=O)C32)cc1. The van der Waals surface area contributed by atoms with Crippen LogP contribution in [-0.4, -0.2) is 22.0 Å². The molecule has 0 saturated carbocycles. The molecule has 164 valence electrons. The number of alkyl halides is 3. The molecule has 3 unspecified atom stereocenters. The second-order valence-corrected chi connectivity index (χ2v) is 9.89. The number of benzene rings is 2. The summed E-state index contributed by atoms with van der Waals surface area (Å²) in [5.74, 6) is -2.53. The first-order valence-corrected chi connectivity index (χ1v) is 11.4. The molecule has 3 aromatic rings. The van der Waals surface area contributed by atoms with Crippen molar-refractivity contribution in [2.45, 2.75) is 29.3 Å². The van der Waals surface area contributed by atoms with Crippen LogP contribution in [0.1, 0.15) is 27.5 Å². The van der Waals surface area contributed by atoms with Crippen molar-refractivity contribution >= 4 is 40.6 Å². The Labute approximate surface area is 188 Å². The molecule has 0 spiro atoms. The Morgan fingerprint density at radius 3 is 2.41 bits per heavy atom. The van der Waals surface area contributed by atoms with Crippen molar-refractivity contribution in [2.24, 2.45) is 5.92 Å². The fraction of sp³-hybridized carbons (Fsp3) is 0.227. The number of anilines is 1. The van der Waals surface area contributed by atoms with Crippen LogP contribution < -0.4 is 9.77 Å². The number of carbonyl (C=O) groups is 2. The number of thioether (sulfide) groups is 1. The molecule has 2 aliphatic rings. The van der Waals surface area contributed by atoms with Gasteiger partial charge in [0.15, 0.2) is 0 Å². The Morgan fingerprint density at radius 1 is 1.00 bits per heavy atom. The predicted octanol–water partition coefficient (Wildman–Crippen LogP) is 4.56. The van der Waals surface area contributed by atoms with Gasteiger partial charge >= 0.3 is 11.0 Å². The summed E-state index contributed by atoms with van der Waals surface area (Å²) in [6, 6.07) is 11.7. The largest absolute Gasteiger partial charge is 0.416 e. The monoisotopic (exact) mass is 476 g/mol. The Morgan fingerprint density at radius 2 is 1.72 bits per heavy atom. The number of imide groups is 1. The summed E-state index contributed by atoms with van der Waals surface area (Å²) < 4.78 is 39.6. The quantitative estimate of drug-likeness (QED) is 0.551. The third kappa shape index (κ3) is 3.29. The zero-order chi connectivity index (χ0) is 22.8. The van der Waals surface area contributed by atoms with E-state index in [1.807, 2.05) is 31.2 Å². The normalized spacial score (nSPS) is 22.8. The number of nitrogens with zero attached hydrogens (tertiary/aromatic N) is 1. The van der Waals surface area contributed by atoms with Crippen molar-refractivity contribution in [1.82, 2.24) is 4.98 Å². The van der Waals surface area contributed by atoms with Crippen molar-refractivity contribution < 1.29 is 22.8 Å². The molecule has 1 saturated heterocycles. The molecule has 2 aliphatic heterocycles. The fourth-order valence-electron chi connectivity index (χ4n) is 4.23. The maximum Gasteiger partial charge on any atom is 0.416 e. The molecule has 0 bridgehead atoms. The van der Waals surface area contributed by atoms with Crippen molar-refractivity contribution in [2.75, 3.05) is 4.90 Å². The van der Waals surface area contributed by atoms with E-state index in [1.165, 1.54) is 12.1 Å². The van der Waals surface area contributed by atoms with E-state index in [0.717, 1.165) is 51.3 Å². The van der Waals surface area contributed by atoms with Crippen LogP contribution >= 0.6 is 23.1 Å². The molecule has 10 heteroatoms. The minimum Gasteiger partial charge on any atom is -0.307 e. The lowest BCUT2D eigenvalue weighted by Gasteiger charge is -2.29. The van der Waals surface area contributed by atoms with Gasteiger partial charge in [0, 0.05) is 10.8 Å². The molecule has 0 radical (unpaired) electrons. The van der Waals surface area contributed by atoms with Gasteiger partial charge in [0.05, 0.1) is 22.2 Å². The molecule has 1 fully saturated rings. The molecule has 3 atom stereocenters. The Hall–Kier alpha value is -2.85.